The number of nitrogen functional groups attached to an aromatic ring is 1. The molecule has 0 unspecified atom stereocenters. The molecule has 0 bridgehead atoms. The molecule has 0 aliphatic carbocycles. The maximum atomic E-state index is 13.5. The Kier molecular flexibility index (Phi) is 3.29. The molecule has 3 aromatic rings. The Hall–Kier alpha value is -2.89. The average molecular weight is 300 g/mol. The van der Waals surface area contributed by atoms with E-state index in [0.29, 0.717) is 28.8 Å². The monoisotopic (exact) mass is 300 g/mol. The number of phenolic OH excluding ortho intramolecular Hbond substituents is 1. The number of aromatic nitrogens is 1. The molecule has 2 aromatic heterocycles. The van der Waals surface area contributed by atoms with Gasteiger partial charge in [-0.15, -0.1) is 0 Å². The number of aromatic hydroxyl groups is 1. The Morgan fingerprint density at radius 1 is 1.36 bits per heavy atom. The van der Waals surface area contributed by atoms with Crippen LogP contribution in [0.1, 0.15) is 16.7 Å². The van der Waals surface area contributed by atoms with E-state index in [-0.39, 0.29) is 5.58 Å². The smallest absolute Gasteiger partial charge is 0.340 e. The maximum absolute atomic E-state index is 13.5. The first-order chi connectivity index (χ1) is 10.5. The minimum Gasteiger partial charge on any atom is -0.505 e. The fraction of sp³-hybridized carbons (Fsp3) is 0.125. The third-order valence-electron chi connectivity index (χ3n) is 3.58. The number of hydrogen-bond donors (Lipinski definition) is 2. The van der Waals surface area contributed by atoms with Crippen LogP contribution in [0.2, 0.25) is 0 Å². The lowest BCUT2D eigenvalue weighted by molar-refractivity contribution is 0.431. The van der Waals surface area contributed by atoms with Crippen LogP contribution in [0.3, 0.4) is 0 Å². The van der Waals surface area contributed by atoms with Crippen molar-refractivity contribution in [3.63, 3.8) is 0 Å². The molecule has 0 saturated carbocycles. The quantitative estimate of drug-likeness (QED) is 0.710. The molecule has 3 N–H and O–H groups in total. The molecule has 3 rings (SSSR count). The summed E-state index contributed by atoms with van der Waals surface area (Å²) in [5, 5.41) is 9.83. The predicted molar refractivity (Wildman–Crippen MR) is 80.3 cm³/mol. The average Bonchev–Trinajstić information content (AvgIpc) is 2.46. The van der Waals surface area contributed by atoms with Crippen LogP contribution in [-0.4, -0.2) is 10.1 Å². The summed E-state index contributed by atoms with van der Waals surface area (Å²) in [5.41, 5.74) is 7.09. The molecule has 112 valence electrons. The van der Waals surface area contributed by atoms with Gasteiger partial charge in [0.1, 0.15) is 11.4 Å². The van der Waals surface area contributed by atoms with Gasteiger partial charge in [0.15, 0.2) is 11.6 Å². The van der Waals surface area contributed by atoms with Gasteiger partial charge in [-0.2, -0.15) is 0 Å². The first-order valence-electron chi connectivity index (χ1n) is 6.61. The van der Waals surface area contributed by atoms with Crippen molar-refractivity contribution in [3.8, 4) is 5.75 Å². The van der Waals surface area contributed by atoms with Crippen LogP contribution in [0.15, 0.2) is 39.7 Å². The predicted octanol–water partition coefficient (Wildman–Crippen LogP) is 2.51. The second-order valence-electron chi connectivity index (χ2n) is 5.06. The summed E-state index contributed by atoms with van der Waals surface area (Å²) < 4.78 is 18.7. The molecule has 5 nitrogen and oxygen atoms in total. The fourth-order valence-electron chi connectivity index (χ4n) is 2.41. The summed E-state index contributed by atoms with van der Waals surface area (Å²) in [7, 11) is 0. The van der Waals surface area contributed by atoms with Crippen LogP contribution in [0.4, 0.5) is 10.2 Å². The minimum absolute atomic E-state index is 0.152. The van der Waals surface area contributed by atoms with Crippen molar-refractivity contribution in [2.24, 2.45) is 0 Å². The molecule has 0 aliphatic heterocycles. The number of rotatable bonds is 2. The Labute approximate surface area is 124 Å². The van der Waals surface area contributed by atoms with Gasteiger partial charge in [0.25, 0.3) is 0 Å². The third kappa shape index (κ3) is 2.39. The zero-order valence-corrected chi connectivity index (χ0v) is 11.8. The van der Waals surface area contributed by atoms with E-state index in [4.69, 9.17) is 10.2 Å². The second-order valence-corrected chi connectivity index (χ2v) is 5.06. The van der Waals surface area contributed by atoms with Crippen molar-refractivity contribution in [1.29, 1.82) is 0 Å². The van der Waals surface area contributed by atoms with Crippen LogP contribution >= 0.6 is 0 Å². The topological polar surface area (TPSA) is 89.4 Å². The number of fused-ring (bicyclic) bond motifs is 1. The van der Waals surface area contributed by atoms with Crippen molar-refractivity contribution in [2.75, 3.05) is 5.73 Å². The van der Waals surface area contributed by atoms with Crippen LogP contribution in [0, 0.1) is 12.7 Å². The number of phenols is 1. The molecule has 0 atom stereocenters. The highest BCUT2D eigenvalue weighted by molar-refractivity contribution is 5.82. The highest BCUT2D eigenvalue weighted by atomic mass is 19.1. The van der Waals surface area contributed by atoms with Gasteiger partial charge in [0.05, 0.1) is 0 Å². The number of halogens is 1. The molecule has 0 fully saturated rings. The number of hydrogen-bond acceptors (Lipinski definition) is 5. The molecule has 0 amide bonds. The largest absolute Gasteiger partial charge is 0.505 e. The van der Waals surface area contributed by atoms with Gasteiger partial charge in [0, 0.05) is 29.6 Å². The zero-order chi connectivity index (χ0) is 15.9. The molecule has 1 aromatic carbocycles. The Morgan fingerprint density at radius 3 is 2.86 bits per heavy atom. The van der Waals surface area contributed by atoms with Crippen molar-refractivity contribution < 1.29 is 13.9 Å². The van der Waals surface area contributed by atoms with Gasteiger partial charge in [-0.3, -0.25) is 0 Å². The van der Waals surface area contributed by atoms with Crippen LogP contribution in [0.25, 0.3) is 11.0 Å². The van der Waals surface area contributed by atoms with Crippen molar-refractivity contribution in [2.45, 2.75) is 13.3 Å². The second kappa shape index (κ2) is 5.14. The number of anilines is 1. The zero-order valence-electron chi connectivity index (χ0n) is 11.8. The van der Waals surface area contributed by atoms with E-state index in [9.17, 15) is 14.3 Å². The van der Waals surface area contributed by atoms with E-state index < -0.39 is 17.2 Å². The normalized spacial score (nSPS) is 11.0. The number of nitrogens with two attached hydrogens (primary N) is 1. The molecular weight excluding hydrogens is 287 g/mol. The molecule has 0 aliphatic rings. The number of pyridine rings is 1. The minimum atomic E-state index is -0.761. The van der Waals surface area contributed by atoms with E-state index in [1.54, 1.807) is 25.3 Å². The summed E-state index contributed by atoms with van der Waals surface area (Å²) in [5.74, 6) is -0.954. The third-order valence-corrected chi connectivity index (χ3v) is 3.58. The summed E-state index contributed by atoms with van der Waals surface area (Å²) in [4.78, 5) is 16.0. The van der Waals surface area contributed by atoms with Crippen LogP contribution in [0.5, 0.6) is 5.75 Å². The standard InChI is InChI=1S/C16H13FN2O3/c1-8-10-6-12(17)13(20)7-14(10)22-16(21)11(8)4-9-2-3-19-15(18)5-9/h2-3,5-7,20H,4H2,1H3,(H2,18,19). The first kappa shape index (κ1) is 14.1. The number of aryl methyl sites for hydroxylation is 1. The van der Waals surface area contributed by atoms with E-state index in [0.717, 1.165) is 17.7 Å². The van der Waals surface area contributed by atoms with Crippen molar-refractivity contribution in [1.82, 2.24) is 4.98 Å². The lowest BCUT2D eigenvalue weighted by Gasteiger charge is -2.09. The van der Waals surface area contributed by atoms with Gasteiger partial charge in [-0.1, -0.05) is 0 Å². The van der Waals surface area contributed by atoms with Gasteiger partial charge >= 0.3 is 5.63 Å². The number of nitrogens with zero attached hydrogens (tertiary/aromatic N) is 1. The molecular formula is C16H13FN2O3. The lowest BCUT2D eigenvalue weighted by Crippen LogP contribution is -2.11. The molecule has 0 saturated heterocycles. The first-order valence-corrected chi connectivity index (χ1v) is 6.61. The molecule has 22 heavy (non-hydrogen) atoms. The Morgan fingerprint density at radius 2 is 2.14 bits per heavy atom. The number of benzene rings is 1. The van der Waals surface area contributed by atoms with Gasteiger partial charge < -0.3 is 15.3 Å². The summed E-state index contributed by atoms with van der Waals surface area (Å²) >= 11 is 0. The van der Waals surface area contributed by atoms with Crippen LogP contribution in [-0.2, 0) is 6.42 Å². The highest BCUT2D eigenvalue weighted by Gasteiger charge is 2.14. The Bertz CT molecular complexity index is 935. The summed E-state index contributed by atoms with van der Waals surface area (Å²) in [6, 6.07) is 5.68. The molecule has 0 radical (unpaired) electrons. The fourth-order valence-corrected chi connectivity index (χ4v) is 2.41. The van der Waals surface area contributed by atoms with E-state index in [2.05, 4.69) is 4.98 Å². The van der Waals surface area contributed by atoms with Crippen molar-refractivity contribution in [3.05, 3.63) is 63.4 Å². The summed E-state index contributed by atoms with van der Waals surface area (Å²) in [6.45, 7) is 1.72. The lowest BCUT2D eigenvalue weighted by atomic mass is 10.00. The van der Waals surface area contributed by atoms with E-state index >= 15 is 0 Å². The summed E-state index contributed by atoms with van der Waals surface area (Å²) in [6.07, 6.45) is 1.86. The highest BCUT2D eigenvalue weighted by Crippen LogP contribution is 2.27. The molecule has 6 heteroatoms. The van der Waals surface area contributed by atoms with E-state index in [1.807, 2.05) is 0 Å². The van der Waals surface area contributed by atoms with Gasteiger partial charge in [0.2, 0.25) is 0 Å². The molecule has 2 heterocycles. The Balaban J connectivity index is 2.18. The van der Waals surface area contributed by atoms with Crippen molar-refractivity contribution >= 4 is 16.8 Å². The van der Waals surface area contributed by atoms with Gasteiger partial charge in [-0.25, -0.2) is 14.2 Å². The SMILES string of the molecule is Cc1c(Cc2ccnc(N)c2)c(=O)oc2cc(O)c(F)cc12. The van der Waals surface area contributed by atoms with Gasteiger partial charge in [-0.05, 0) is 36.2 Å². The molecule has 0 spiro atoms. The van der Waals surface area contributed by atoms with Crippen LogP contribution < -0.4 is 11.4 Å². The van der Waals surface area contributed by atoms with E-state index in [1.165, 1.54) is 0 Å². The maximum Gasteiger partial charge on any atom is 0.340 e.